The normalized spacial score (nSPS) is 11.7. The number of aromatic nitrogens is 3. The van der Waals surface area contributed by atoms with Crippen LogP contribution in [0.1, 0.15) is 35.6 Å². The Kier molecular flexibility index (Phi) is 5.23. The van der Waals surface area contributed by atoms with Crippen LogP contribution < -0.4 is 16.3 Å². The van der Waals surface area contributed by atoms with Gasteiger partial charge in [-0.05, 0) is 31.2 Å². The molecule has 0 spiro atoms. The highest BCUT2D eigenvalue weighted by Gasteiger charge is 2.13. The Labute approximate surface area is 130 Å². The van der Waals surface area contributed by atoms with Crippen LogP contribution in [0.15, 0.2) is 29.1 Å². The van der Waals surface area contributed by atoms with E-state index in [9.17, 15) is 18.8 Å². The van der Waals surface area contributed by atoms with Crippen molar-refractivity contribution in [1.29, 1.82) is 0 Å². The highest BCUT2D eigenvalue weighted by molar-refractivity contribution is 5.94. The molecule has 23 heavy (non-hydrogen) atoms. The van der Waals surface area contributed by atoms with Crippen molar-refractivity contribution in [1.82, 2.24) is 25.8 Å². The molecule has 0 unspecified atom stereocenters. The average molecular weight is 321 g/mol. The molecule has 9 heteroatoms. The zero-order chi connectivity index (χ0) is 16.8. The summed E-state index contributed by atoms with van der Waals surface area (Å²) in [5, 5.41) is 11.1. The Balaban J connectivity index is 1.75. The third kappa shape index (κ3) is 4.77. The molecule has 2 aromatic rings. The van der Waals surface area contributed by atoms with Crippen molar-refractivity contribution in [2.75, 3.05) is 6.54 Å². The van der Waals surface area contributed by atoms with E-state index in [1.807, 2.05) is 0 Å². The van der Waals surface area contributed by atoms with E-state index in [1.165, 1.54) is 24.3 Å². The maximum atomic E-state index is 12.8. The standard InChI is InChI=1S/C14H16FN5O3/c1-8(12-18-14(23)20-19-12)17-11(21)6-7-16-13(22)9-2-4-10(15)5-3-9/h2-5,8H,6-7H2,1H3,(H,16,22)(H,17,21)(H2,18,19,20,23)/t8-/m0/s1. The van der Waals surface area contributed by atoms with E-state index < -0.39 is 17.5 Å². The lowest BCUT2D eigenvalue weighted by Gasteiger charge is -2.11. The van der Waals surface area contributed by atoms with Gasteiger partial charge in [-0.25, -0.2) is 14.3 Å². The number of benzene rings is 1. The lowest BCUT2D eigenvalue weighted by Crippen LogP contribution is -2.32. The van der Waals surface area contributed by atoms with E-state index in [1.54, 1.807) is 6.92 Å². The lowest BCUT2D eigenvalue weighted by molar-refractivity contribution is -0.121. The molecule has 0 bridgehead atoms. The third-order valence-electron chi connectivity index (χ3n) is 3.05. The van der Waals surface area contributed by atoms with E-state index in [2.05, 4.69) is 25.8 Å². The minimum atomic E-state index is -0.464. The minimum Gasteiger partial charge on any atom is -0.352 e. The van der Waals surface area contributed by atoms with E-state index in [0.29, 0.717) is 11.4 Å². The van der Waals surface area contributed by atoms with Gasteiger partial charge in [-0.1, -0.05) is 0 Å². The van der Waals surface area contributed by atoms with Crippen molar-refractivity contribution in [2.24, 2.45) is 0 Å². The number of halogens is 1. The summed E-state index contributed by atoms with van der Waals surface area (Å²) in [6, 6.07) is 4.64. The average Bonchev–Trinajstić information content (AvgIpc) is 2.94. The molecule has 0 radical (unpaired) electrons. The third-order valence-corrected chi connectivity index (χ3v) is 3.05. The van der Waals surface area contributed by atoms with Gasteiger partial charge in [0.25, 0.3) is 5.91 Å². The van der Waals surface area contributed by atoms with Gasteiger partial charge in [0, 0.05) is 18.5 Å². The first-order chi connectivity index (χ1) is 11.0. The maximum Gasteiger partial charge on any atom is 0.340 e. The summed E-state index contributed by atoms with van der Waals surface area (Å²) >= 11 is 0. The summed E-state index contributed by atoms with van der Waals surface area (Å²) in [7, 11) is 0. The molecule has 0 aliphatic carbocycles. The molecule has 1 aromatic carbocycles. The summed E-state index contributed by atoms with van der Waals surface area (Å²) in [5.74, 6) is -0.798. The number of amides is 2. The number of rotatable bonds is 6. The van der Waals surface area contributed by atoms with Gasteiger partial charge in [-0.3, -0.25) is 14.6 Å². The van der Waals surface area contributed by atoms with E-state index in [-0.39, 0.29) is 24.8 Å². The fourth-order valence-electron chi connectivity index (χ4n) is 1.86. The number of nitrogens with zero attached hydrogens (tertiary/aromatic N) is 1. The number of hydrogen-bond donors (Lipinski definition) is 4. The van der Waals surface area contributed by atoms with E-state index >= 15 is 0 Å². The van der Waals surface area contributed by atoms with Crippen LogP contribution in [-0.4, -0.2) is 33.5 Å². The summed E-state index contributed by atoms with van der Waals surface area (Å²) < 4.78 is 12.8. The second kappa shape index (κ2) is 7.34. The van der Waals surface area contributed by atoms with Crippen molar-refractivity contribution >= 4 is 11.8 Å². The van der Waals surface area contributed by atoms with Crippen molar-refractivity contribution in [3.05, 3.63) is 52.0 Å². The number of carbonyl (C=O) groups is 2. The van der Waals surface area contributed by atoms with Gasteiger partial charge in [-0.2, -0.15) is 5.10 Å². The molecule has 4 N–H and O–H groups in total. The molecule has 1 heterocycles. The Bertz CT molecular complexity index is 737. The Morgan fingerprint density at radius 1 is 1.30 bits per heavy atom. The van der Waals surface area contributed by atoms with Gasteiger partial charge >= 0.3 is 5.69 Å². The Hall–Kier alpha value is -2.97. The predicted octanol–water partition coefficient (Wildman–Crippen LogP) is 0.234. The number of hydrogen-bond acceptors (Lipinski definition) is 4. The minimum absolute atomic E-state index is 0.0614. The SMILES string of the molecule is C[C@H](NC(=O)CCNC(=O)c1ccc(F)cc1)c1n[nH]c(=O)[nH]1. The lowest BCUT2D eigenvalue weighted by atomic mass is 10.2. The Morgan fingerprint density at radius 3 is 2.61 bits per heavy atom. The first-order valence-corrected chi connectivity index (χ1v) is 6.93. The van der Waals surface area contributed by atoms with Crippen LogP contribution in [0.3, 0.4) is 0 Å². The second-order valence-corrected chi connectivity index (χ2v) is 4.86. The van der Waals surface area contributed by atoms with Gasteiger partial charge in [0.1, 0.15) is 5.82 Å². The van der Waals surface area contributed by atoms with Gasteiger partial charge in [-0.15, -0.1) is 0 Å². The topological polar surface area (TPSA) is 120 Å². The number of nitrogens with one attached hydrogen (secondary N) is 4. The highest BCUT2D eigenvalue weighted by Crippen LogP contribution is 2.04. The largest absolute Gasteiger partial charge is 0.352 e. The Morgan fingerprint density at radius 2 is 2.00 bits per heavy atom. The molecule has 2 rings (SSSR count). The van der Waals surface area contributed by atoms with Gasteiger partial charge < -0.3 is 10.6 Å². The zero-order valence-corrected chi connectivity index (χ0v) is 12.4. The first kappa shape index (κ1) is 16.4. The van der Waals surface area contributed by atoms with E-state index in [4.69, 9.17) is 0 Å². The van der Waals surface area contributed by atoms with Crippen molar-refractivity contribution in [3.8, 4) is 0 Å². The molecule has 0 fully saturated rings. The summed E-state index contributed by atoms with van der Waals surface area (Å²) in [5.41, 5.74) is -0.137. The predicted molar refractivity (Wildman–Crippen MR) is 79.1 cm³/mol. The molecule has 0 aliphatic rings. The fourth-order valence-corrected chi connectivity index (χ4v) is 1.86. The molecular weight excluding hydrogens is 305 g/mol. The summed E-state index contributed by atoms with van der Waals surface area (Å²) in [6.45, 7) is 1.80. The molecule has 8 nitrogen and oxygen atoms in total. The quantitative estimate of drug-likeness (QED) is 0.609. The maximum absolute atomic E-state index is 12.8. The summed E-state index contributed by atoms with van der Waals surface area (Å²) in [6.07, 6.45) is 0.0614. The fraction of sp³-hybridized carbons (Fsp3) is 0.286. The molecule has 0 saturated heterocycles. The second-order valence-electron chi connectivity index (χ2n) is 4.86. The number of aromatic amines is 2. The van der Waals surface area contributed by atoms with Crippen LogP contribution in [-0.2, 0) is 4.79 Å². The van der Waals surface area contributed by atoms with Crippen molar-refractivity contribution in [2.45, 2.75) is 19.4 Å². The van der Waals surface area contributed by atoms with Crippen molar-refractivity contribution < 1.29 is 14.0 Å². The molecule has 122 valence electrons. The zero-order valence-electron chi connectivity index (χ0n) is 12.4. The molecular formula is C14H16FN5O3. The van der Waals surface area contributed by atoms with Crippen LogP contribution in [0.2, 0.25) is 0 Å². The molecule has 1 atom stereocenters. The smallest absolute Gasteiger partial charge is 0.340 e. The van der Waals surface area contributed by atoms with Crippen LogP contribution in [0.25, 0.3) is 0 Å². The van der Waals surface area contributed by atoms with Gasteiger partial charge in [0.2, 0.25) is 5.91 Å². The van der Waals surface area contributed by atoms with Crippen LogP contribution >= 0.6 is 0 Å². The van der Waals surface area contributed by atoms with Gasteiger partial charge in [0.15, 0.2) is 5.82 Å². The van der Waals surface area contributed by atoms with E-state index in [0.717, 1.165) is 0 Å². The highest BCUT2D eigenvalue weighted by atomic mass is 19.1. The molecule has 0 saturated carbocycles. The molecule has 1 aromatic heterocycles. The van der Waals surface area contributed by atoms with Gasteiger partial charge in [0.05, 0.1) is 6.04 Å². The van der Waals surface area contributed by atoms with Crippen LogP contribution in [0, 0.1) is 5.82 Å². The number of carbonyl (C=O) groups excluding carboxylic acids is 2. The van der Waals surface area contributed by atoms with Crippen LogP contribution in [0.5, 0.6) is 0 Å². The molecule has 0 aliphatic heterocycles. The summed E-state index contributed by atoms with van der Waals surface area (Å²) in [4.78, 5) is 36.9. The monoisotopic (exact) mass is 321 g/mol. The number of H-pyrrole nitrogens is 2. The first-order valence-electron chi connectivity index (χ1n) is 6.93. The molecule has 2 amide bonds. The van der Waals surface area contributed by atoms with Crippen LogP contribution in [0.4, 0.5) is 4.39 Å². The van der Waals surface area contributed by atoms with Crippen molar-refractivity contribution in [3.63, 3.8) is 0 Å².